The maximum atomic E-state index is 13.4. The molecule has 2 N–H and O–H groups in total. The number of nitrogens with two attached hydrogens (primary N) is 1. The van der Waals surface area contributed by atoms with Crippen LogP contribution < -0.4 is 15.2 Å². The zero-order chi connectivity index (χ0) is 19.1. The molecule has 0 aromatic heterocycles. The fourth-order valence-corrected chi connectivity index (χ4v) is 2.43. The Kier molecular flexibility index (Phi) is 6.54. The highest BCUT2D eigenvalue weighted by Crippen LogP contribution is 2.28. The molecule has 0 aliphatic rings. The molecule has 0 fully saturated rings. The Bertz CT molecular complexity index is 795. The van der Waals surface area contributed by atoms with Crippen LogP contribution in [0.2, 0.25) is 0 Å². The van der Waals surface area contributed by atoms with Gasteiger partial charge in [-0.15, -0.1) is 0 Å². The minimum atomic E-state index is -0.612. The lowest BCUT2D eigenvalue weighted by atomic mass is 10.1. The second-order valence-electron chi connectivity index (χ2n) is 5.57. The Labute approximate surface area is 151 Å². The monoisotopic (exact) mass is 360 g/mol. The molecule has 0 bridgehead atoms. The average Bonchev–Trinajstić information content (AvgIpc) is 2.63. The van der Waals surface area contributed by atoms with Gasteiger partial charge in [0.15, 0.2) is 18.1 Å². The van der Waals surface area contributed by atoms with Crippen molar-refractivity contribution in [2.24, 2.45) is 5.73 Å². The van der Waals surface area contributed by atoms with Crippen LogP contribution in [0.4, 0.5) is 4.39 Å². The molecule has 0 aliphatic heterocycles. The van der Waals surface area contributed by atoms with Gasteiger partial charge in [-0.25, -0.2) is 4.39 Å². The van der Waals surface area contributed by atoms with E-state index in [4.69, 9.17) is 15.2 Å². The van der Waals surface area contributed by atoms with E-state index >= 15 is 0 Å². The van der Waals surface area contributed by atoms with Crippen molar-refractivity contribution in [3.63, 3.8) is 0 Å². The largest absolute Gasteiger partial charge is 0.493 e. The van der Waals surface area contributed by atoms with Gasteiger partial charge in [-0.3, -0.25) is 9.59 Å². The number of carbonyl (C=O) groups is 2. The third-order valence-electron chi connectivity index (χ3n) is 3.71. The van der Waals surface area contributed by atoms with Crippen molar-refractivity contribution in [1.82, 2.24) is 4.90 Å². The van der Waals surface area contributed by atoms with E-state index < -0.39 is 5.91 Å². The van der Waals surface area contributed by atoms with Crippen LogP contribution in [0.3, 0.4) is 0 Å². The predicted molar refractivity (Wildman–Crippen MR) is 94.5 cm³/mol. The minimum absolute atomic E-state index is 0.225. The summed E-state index contributed by atoms with van der Waals surface area (Å²) < 4.78 is 23.8. The topological polar surface area (TPSA) is 81.9 Å². The number of methoxy groups -OCH3 is 1. The second kappa shape index (κ2) is 8.84. The standard InChI is InChI=1S/C19H21FN2O4/c1-3-22(11-13-5-4-6-15(20)9-13)19(24)14-7-8-16(17(10-14)25-2)26-12-18(21)23/h4-10H,3,11-12H2,1-2H3,(H2,21,23). The molecule has 6 nitrogen and oxygen atoms in total. The number of halogens is 1. The molecular formula is C19H21FN2O4. The molecular weight excluding hydrogens is 339 g/mol. The highest BCUT2D eigenvalue weighted by atomic mass is 19.1. The summed E-state index contributed by atoms with van der Waals surface area (Å²) in [5.41, 5.74) is 6.16. The van der Waals surface area contributed by atoms with Crippen LogP contribution in [0.25, 0.3) is 0 Å². The molecule has 2 aromatic rings. The van der Waals surface area contributed by atoms with Gasteiger partial charge in [0.25, 0.3) is 11.8 Å². The first-order valence-electron chi connectivity index (χ1n) is 8.07. The molecule has 2 rings (SSSR count). The number of rotatable bonds is 8. The summed E-state index contributed by atoms with van der Waals surface area (Å²) in [4.78, 5) is 25.2. The lowest BCUT2D eigenvalue weighted by Gasteiger charge is -2.22. The number of benzene rings is 2. The molecule has 26 heavy (non-hydrogen) atoms. The van der Waals surface area contributed by atoms with Crippen LogP contribution in [0.1, 0.15) is 22.8 Å². The minimum Gasteiger partial charge on any atom is -0.493 e. The number of hydrogen-bond donors (Lipinski definition) is 1. The fraction of sp³-hybridized carbons (Fsp3) is 0.263. The highest BCUT2D eigenvalue weighted by Gasteiger charge is 2.17. The first kappa shape index (κ1) is 19.2. The van der Waals surface area contributed by atoms with E-state index in [2.05, 4.69) is 0 Å². The highest BCUT2D eigenvalue weighted by molar-refractivity contribution is 5.95. The van der Waals surface area contributed by atoms with Crippen molar-refractivity contribution in [1.29, 1.82) is 0 Å². The van der Waals surface area contributed by atoms with Crippen LogP contribution in [-0.2, 0) is 11.3 Å². The normalized spacial score (nSPS) is 10.3. The Balaban J connectivity index is 2.19. The van der Waals surface area contributed by atoms with E-state index in [9.17, 15) is 14.0 Å². The molecule has 0 aliphatic carbocycles. The third kappa shape index (κ3) is 4.95. The summed E-state index contributed by atoms with van der Waals surface area (Å²) in [6, 6.07) is 10.8. The second-order valence-corrected chi connectivity index (χ2v) is 5.57. The molecule has 138 valence electrons. The van der Waals surface area contributed by atoms with Gasteiger partial charge in [0.2, 0.25) is 0 Å². The molecule has 0 unspecified atom stereocenters. The molecule has 0 heterocycles. The summed E-state index contributed by atoms with van der Waals surface area (Å²) >= 11 is 0. The number of nitrogens with zero attached hydrogens (tertiary/aromatic N) is 1. The molecule has 0 saturated carbocycles. The molecule has 0 atom stereocenters. The summed E-state index contributed by atoms with van der Waals surface area (Å²) in [6.45, 7) is 2.30. The smallest absolute Gasteiger partial charge is 0.255 e. The SMILES string of the molecule is CCN(Cc1cccc(F)c1)C(=O)c1ccc(OCC(N)=O)c(OC)c1. The maximum absolute atomic E-state index is 13.4. The van der Waals surface area contributed by atoms with Crippen molar-refractivity contribution in [3.8, 4) is 11.5 Å². The van der Waals surface area contributed by atoms with Crippen molar-refractivity contribution in [3.05, 3.63) is 59.4 Å². The van der Waals surface area contributed by atoms with Gasteiger partial charge in [0.05, 0.1) is 7.11 Å². The van der Waals surface area contributed by atoms with Gasteiger partial charge in [0.1, 0.15) is 5.82 Å². The Morgan fingerprint density at radius 2 is 1.92 bits per heavy atom. The van der Waals surface area contributed by atoms with Gasteiger partial charge in [0, 0.05) is 18.7 Å². The summed E-state index contributed by atoms with van der Waals surface area (Å²) in [7, 11) is 1.44. The number of amides is 2. The number of carbonyl (C=O) groups excluding carboxylic acids is 2. The Morgan fingerprint density at radius 3 is 2.54 bits per heavy atom. The predicted octanol–water partition coefficient (Wildman–Crippen LogP) is 2.36. The molecule has 0 saturated heterocycles. The molecule has 2 amide bonds. The lowest BCUT2D eigenvalue weighted by molar-refractivity contribution is -0.119. The van der Waals surface area contributed by atoms with Gasteiger partial charge in [-0.05, 0) is 42.8 Å². The van der Waals surface area contributed by atoms with Gasteiger partial charge < -0.3 is 20.1 Å². The molecule has 0 spiro atoms. The van der Waals surface area contributed by atoms with E-state index in [-0.39, 0.29) is 24.9 Å². The van der Waals surface area contributed by atoms with E-state index in [1.54, 1.807) is 29.2 Å². The van der Waals surface area contributed by atoms with Gasteiger partial charge in [-0.1, -0.05) is 12.1 Å². The van der Waals surface area contributed by atoms with Crippen molar-refractivity contribution < 1.29 is 23.5 Å². The van der Waals surface area contributed by atoms with Crippen LogP contribution in [0.5, 0.6) is 11.5 Å². The van der Waals surface area contributed by atoms with Crippen molar-refractivity contribution >= 4 is 11.8 Å². The van der Waals surface area contributed by atoms with Crippen molar-refractivity contribution in [2.45, 2.75) is 13.5 Å². The molecule has 2 aromatic carbocycles. The van der Waals surface area contributed by atoms with Crippen LogP contribution in [-0.4, -0.2) is 37.0 Å². The zero-order valence-corrected chi connectivity index (χ0v) is 14.7. The molecule has 7 heteroatoms. The van der Waals surface area contributed by atoms with E-state index in [1.807, 2.05) is 6.92 Å². The van der Waals surface area contributed by atoms with Gasteiger partial charge in [-0.2, -0.15) is 0 Å². The van der Waals surface area contributed by atoms with E-state index in [1.165, 1.54) is 25.3 Å². The Morgan fingerprint density at radius 1 is 1.15 bits per heavy atom. The average molecular weight is 360 g/mol. The first-order chi connectivity index (χ1) is 12.4. The lowest BCUT2D eigenvalue weighted by Crippen LogP contribution is -2.30. The molecule has 0 radical (unpaired) electrons. The summed E-state index contributed by atoms with van der Waals surface area (Å²) in [5.74, 6) is -0.547. The van der Waals surface area contributed by atoms with Crippen molar-refractivity contribution in [2.75, 3.05) is 20.3 Å². The zero-order valence-electron chi connectivity index (χ0n) is 14.7. The summed E-state index contributed by atoms with van der Waals surface area (Å²) in [5, 5.41) is 0. The Hall–Kier alpha value is -3.09. The number of ether oxygens (including phenoxy) is 2. The summed E-state index contributed by atoms with van der Waals surface area (Å²) in [6.07, 6.45) is 0. The maximum Gasteiger partial charge on any atom is 0.255 e. The van der Waals surface area contributed by atoms with Gasteiger partial charge >= 0.3 is 0 Å². The van der Waals surface area contributed by atoms with Crippen LogP contribution >= 0.6 is 0 Å². The number of primary amides is 1. The van der Waals surface area contributed by atoms with Crippen LogP contribution in [0.15, 0.2) is 42.5 Å². The van der Waals surface area contributed by atoms with E-state index in [0.29, 0.717) is 29.2 Å². The van der Waals surface area contributed by atoms with Crippen LogP contribution in [0, 0.1) is 5.82 Å². The fourth-order valence-electron chi connectivity index (χ4n) is 2.43. The number of hydrogen-bond acceptors (Lipinski definition) is 4. The van der Waals surface area contributed by atoms with E-state index in [0.717, 1.165) is 0 Å². The quantitative estimate of drug-likeness (QED) is 0.783. The third-order valence-corrected chi connectivity index (χ3v) is 3.71. The first-order valence-corrected chi connectivity index (χ1v) is 8.07.